The minimum absolute atomic E-state index is 0.0452. The zero-order chi connectivity index (χ0) is 13.0. The van der Waals surface area contributed by atoms with Crippen LogP contribution in [0.2, 0.25) is 0 Å². The van der Waals surface area contributed by atoms with Gasteiger partial charge in [-0.25, -0.2) is 0 Å². The molecule has 1 aromatic heterocycles. The SMILES string of the molecule is COC(C)CCC(=O)Nc1n[nH]c2ccccc12. The average Bonchev–Trinajstić information content (AvgIpc) is 2.79. The van der Waals surface area contributed by atoms with Crippen LogP contribution in [0.3, 0.4) is 0 Å². The first-order valence-electron chi connectivity index (χ1n) is 5.96. The van der Waals surface area contributed by atoms with Gasteiger partial charge in [0.2, 0.25) is 5.91 Å². The Morgan fingerprint density at radius 3 is 3.06 bits per heavy atom. The third-order valence-corrected chi connectivity index (χ3v) is 2.91. The summed E-state index contributed by atoms with van der Waals surface area (Å²) >= 11 is 0. The summed E-state index contributed by atoms with van der Waals surface area (Å²) in [6, 6.07) is 7.68. The molecule has 0 aliphatic rings. The second-order valence-electron chi connectivity index (χ2n) is 4.25. The number of carbonyl (C=O) groups is 1. The highest BCUT2D eigenvalue weighted by molar-refractivity contribution is 5.99. The number of nitrogens with zero attached hydrogens (tertiary/aromatic N) is 1. The van der Waals surface area contributed by atoms with E-state index in [2.05, 4.69) is 15.5 Å². The maximum absolute atomic E-state index is 11.8. The maximum atomic E-state index is 11.8. The number of hydrogen-bond acceptors (Lipinski definition) is 3. The number of fused-ring (bicyclic) bond motifs is 1. The van der Waals surface area contributed by atoms with Gasteiger partial charge in [-0.1, -0.05) is 12.1 Å². The molecule has 18 heavy (non-hydrogen) atoms. The van der Waals surface area contributed by atoms with Crippen molar-refractivity contribution in [3.8, 4) is 0 Å². The van der Waals surface area contributed by atoms with Crippen molar-refractivity contribution in [1.82, 2.24) is 10.2 Å². The van der Waals surface area contributed by atoms with E-state index >= 15 is 0 Å². The number of para-hydroxylation sites is 1. The first-order chi connectivity index (χ1) is 8.70. The lowest BCUT2D eigenvalue weighted by Gasteiger charge is -2.08. The number of aromatic amines is 1. The fraction of sp³-hybridized carbons (Fsp3) is 0.385. The first kappa shape index (κ1) is 12.6. The molecule has 1 heterocycles. The van der Waals surface area contributed by atoms with Gasteiger partial charge in [0.25, 0.3) is 0 Å². The molecule has 0 aliphatic carbocycles. The van der Waals surface area contributed by atoms with Gasteiger partial charge in [0.15, 0.2) is 5.82 Å². The number of benzene rings is 1. The van der Waals surface area contributed by atoms with E-state index in [0.29, 0.717) is 18.7 Å². The normalized spacial score (nSPS) is 12.6. The molecule has 0 bridgehead atoms. The second kappa shape index (κ2) is 5.64. The van der Waals surface area contributed by atoms with Crippen molar-refractivity contribution in [1.29, 1.82) is 0 Å². The Morgan fingerprint density at radius 1 is 1.50 bits per heavy atom. The molecule has 1 aromatic carbocycles. The van der Waals surface area contributed by atoms with Gasteiger partial charge in [-0.3, -0.25) is 9.89 Å². The maximum Gasteiger partial charge on any atom is 0.225 e. The van der Waals surface area contributed by atoms with Crippen LogP contribution in [-0.2, 0) is 9.53 Å². The predicted molar refractivity (Wildman–Crippen MR) is 70.4 cm³/mol. The molecular formula is C13H17N3O2. The lowest BCUT2D eigenvalue weighted by molar-refractivity contribution is -0.116. The van der Waals surface area contributed by atoms with Crippen molar-refractivity contribution in [2.45, 2.75) is 25.9 Å². The lowest BCUT2D eigenvalue weighted by atomic mass is 10.2. The Balaban J connectivity index is 1.99. The van der Waals surface area contributed by atoms with Gasteiger partial charge < -0.3 is 10.1 Å². The summed E-state index contributed by atoms with van der Waals surface area (Å²) in [5.74, 6) is 0.539. The van der Waals surface area contributed by atoms with Crippen molar-refractivity contribution in [2.75, 3.05) is 12.4 Å². The Kier molecular flexibility index (Phi) is 3.94. The second-order valence-corrected chi connectivity index (χ2v) is 4.25. The number of amides is 1. The minimum Gasteiger partial charge on any atom is -0.382 e. The van der Waals surface area contributed by atoms with E-state index in [1.165, 1.54) is 0 Å². The third-order valence-electron chi connectivity index (χ3n) is 2.91. The van der Waals surface area contributed by atoms with Gasteiger partial charge >= 0.3 is 0 Å². The standard InChI is InChI=1S/C13H17N3O2/c1-9(18-2)7-8-12(17)14-13-10-5-3-4-6-11(10)15-16-13/h3-6,9H,7-8H2,1-2H3,(H2,14,15,16,17). The molecule has 0 saturated heterocycles. The average molecular weight is 247 g/mol. The van der Waals surface area contributed by atoms with Crippen molar-refractivity contribution in [3.05, 3.63) is 24.3 Å². The molecule has 1 atom stereocenters. The fourth-order valence-corrected chi connectivity index (χ4v) is 1.71. The highest BCUT2D eigenvalue weighted by Gasteiger charge is 2.10. The fourth-order valence-electron chi connectivity index (χ4n) is 1.71. The van der Waals surface area contributed by atoms with Crippen LogP contribution in [0.1, 0.15) is 19.8 Å². The van der Waals surface area contributed by atoms with E-state index in [9.17, 15) is 4.79 Å². The molecule has 0 saturated carbocycles. The molecule has 5 nitrogen and oxygen atoms in total. The van der Waals surface area contributed by atoms with E-state index < -0.39 is 0 Å². The topological polar surface area (TPSA) is 67.0 Å². The number of aromatic nitrogens is 2. The molecule has 0 fully saturated rings. The van der Waals surface area contributed by atoms with Crippen molar-refractivity contribution < 1.29 is 9.53 Å². The molecular weight excluding hydrogens is 230 g/mol. The predicted octanol–water partition coefficient (Wildman–Crippen LogP) is 2.32. The molecule has 1 unspecified atom stereocenters. The van der Waals surface area contributed by atoms with E-state index in [0.717, 1.165) is 10.9 Å². The molecule has 0 radical (unpaired) electrons. The quantitative estimate of drug-likeness (QED) is 0.852. The van der Waals surface area contributed by atoms with Gasteiger partial charge in [0, 0.05) is 18.9 Å². The van der Waals surface area contributed by atoms with E-state index in [-0.39, 0.29) is 12.0 Å². The van der Waals surface area contributed by atoms with Crippen LogP contribution < -0.4 is 5.32 Å². The van der Waals surface area contributed by atoms with Gasteiger partial charge in [-0.05, 0) is 25.5 Å². The van der Waals surface area contributed by atoms with Crippen LogP contribution in [0.15, 0.2) is 24.3 Å². The van der Waals surface area contributed by atoms with Gasteiger partial charge in [0.05, 0.1) is 11.6 Å². The number of anilines is 1. The summed E-state index contributed by atoms with van der Waals surface area (Å²) in [5, 5.41) is 10.7. The summed E-state index contributed by atoms with van der Waals surface area (Å²) in [6.45, 7) is 1.94. The molecule has 2 aromatic rings. The number of H-pyrrole nitrogens is 1. The van der Waals surface area contributed by atoms with E-state index in [1.54, 1.807) is 7.11 Å². The monoisotopic (exact) mass is 247 g/mol. The first-order valence-corrected chi connectivity index (χ1v) is 5.96. The Hall–Kier alpha value is -1.88. The highest BCUT2D eigenvalue weighted by Crippen LogP contribution is 2.19. The lowest BCUT2D eigenvalue weighted by Crippen LogP contribution is -2.15. The minimum atomic E-state index is -0.0452. The molecule has 2 N–H and O–H groups in total. The zero-order valence-corrected chi connectivity index (χ0v) is 10.6. The molecule has 0 spiro atoms. The van der Waals surface area contributed by atoms with Crippen molar-refractivity contribution in [2.24, 2.45) is 0 Å². The number of ether oxygens (including phenoxy) is 1. The van der Waals surface area contributed by atoms with Crippen molar-refractivity contribution >= 4 is 22.6 Å². The largest absolute Gasteiger partial charge is 0.382 e. The number of carbonyl (C=O) groups excluding carboxylic acids is 1. The van der Waals surface area contributed by atoms with Crippen LogP contribution in [0, 0.1) is 0 Å². The van der Waals surface area contributed by atoms with Crippen LogP contribution in [0.5, 0.6) is 0 Å². The van der Waals surface area contributed by atoms with Gasteiger partial charge in [-0.2, -0.15) is 5.10 Å². The molecule has 5 heteroatoms. The summed E-state index contributed by atoms with van der Waals surface area (Å²) < 4.78 is 5.10. The number of rotatable bonds is 5. The van der Waals surface area contributed by atoms with Crippen LogP contribution in [-0.4, -0.2) is 29.3 Å². The van der Waals surface area contributed by atoms with Gasteiger partial charge in [0.1, 0.15) is 0 Å². The molecule has 96 valence electrons. The van der Waals surface area contributed by atoms with E-state index in [4.69, 9.17) is 4.74 Å². The number of methoxy groups -OCH3 is 1. The Morgan fingerprint density at radius 2 is 2.28 bits per heavy atom. The zero-order valence-electron chi connectivity index (χ0n) is 10.6. The third kappa shape index (κ3) is 2.87. The number of hydrogen-bond donors (Lipinski definition) is 2. The van der Waals surface area contributed by atoms with Crippen LogP contribution in [0.25, 0.3) is 10.9 Å². The van der Waals surface area contributed by atoms with E-state index in [1.807, 2.05) is 31.2 Å². The smallest absolute Gasteiger partial charge is 0.225 e. The molecule has 2 rings (SSSR count). The Labute approximate surface area is 106 Å². The molecule has 0 aliphatic heterocycles. The summed E-state index contributed by atoms with van der Waals surface area (Å²) in [5.41, 5.74) is 0.915. The summed E-state index contributed by atoms with van der Waals surface area (Å²) in [6.07, 6.45) is 1.22. The van der Waals surface area contributed by atoms with Gasteiger partial charge in [-0.15, -0.1) is 0 Å². The molecule has 1 amide bonds. The Bertz CT molecular complexity index is 536. The highest BCUT2D eigenvalue weighted by atomic mass is 16.5. The number of nitrogens with one attached hydrogen (secondary N) is 2. The van der Waals surface area contributed by atoms with Crippen LogP contribution >= 0.6 is 0 Å². The van der Waals surface area contributed by atoms with Crippen molar-refractivity contribution in [3.63, 3.8) is 0 Å². The van der Waals surface area contributed by atoms with Crippen LogP contribution in [0.4, 0.5) is 5.82 Å². The summed E-state index contributed by atoms with van der Waals surface area (Å²) in [7, 11) is 1.64. The summed E-state index contributed by atoms with van der Waals surface area (Å²) in [4.78, 5) is 11.8.